The predicted octanol–water partition coefficient (Wildman–Crippen LogP) is 4.44. The fraction of sp³-hybridized carbons (Fsp3) is 0.824. The van der Waals surface area contributed by atoms with Gasteiger partial charge >= 0.3 is 5.97 Å². The molecule has 3 atom stereocenters. The molecule has 1 fully saturated rings. The highest BCUT2D eigenvalue weighted by atomic mass is 28.4. The summed E-state index contributed by atoms with van der Waals surface area (Å²) in [6.07, 6.45) is 7.79. The highest BCUT2D eigenvalue weighted by Gasteiger charge is 2.53. The Labute approximate surface area is 130 Å². The summed E-state index contributed by atoms with van der Waals surface area (Å²) >= 11 is 0. The molecule has 0 spiro atoms. The van der Waals surface area contributed by atoms with Crippen molar-refractivity contribution in [3.63, 3.8) is 0 Å². The van der Waals surface area contributed by atoms with Crippen LogP contribution in [0.5, 0.6) is 0 Å². The number of carbonyl (C=O) groups excluding carboxylic acids is 1. The zero-order valence-corrected chi connectivity index (χ0v) is 15.4. The van der Waals surface area contributed by atoms with Crippen molar-refractivity contribution < 1.29 is 14.0 Å². The molecule has 0 radical (unpaired) electrons. The summed E-state index contributed by atoms with van der Waals surface area (Å²) in [5.41, 5.74) is -0.329. The van der Waals surface area contributed by atoms with Gasteiger partial charge in [0.25, 0.3) is 0 Å². The first-order valence-electron chi connectivity index (χ1n) is 8.17. The Balaban J connectivity index is 2.33. The van der Waals surface area contributed by atoms with Crippen LogP contribution in [0.2, 0.25) is 18.1 Å². The number of carbonyl (C=O) groups is 1. The smallest absolute Gasteiger partial charge is 0.331 e. The second-order valence-electron chi connectivity index (χ2n) is 8.18. The van der Waals surface area contributed by atoms with Crippen LogP contribution in [0, 0.1) is 5.92 Å². The van der Waals surface area contributed by atoms with Crippen LogP contribution in [-0.2, 0) is 14.0 Å². The van der Waals surface area contributed by atoms with E-state index in [4.69, 9.17) is 9.16 Å². The summed E-state index contributed by atoms with van der Waals surface area (Å²) in [5, 5.41) is 0.156. The van der Waals surface area contributed by atoms with Gasteiger partial charge in [0.05, 0.1) is 5.60 Å². The molecule has 0 aromatic carbocycles. The summed E-state index contributed by atoms with van der Waals surface area (Å²) in [6.45, 7) is 13.6. The Hall–Kier alpha value is -0.613. The molecule has 0 aromatic heterocycles. The van der Waals surface area contributed by atoms with Crippen molar-refractivity contribution in [1.82, 2.24) is 0 Å². The molecule has 120 valence electrons. The Morgan fingerprint density at radius 2 is 2.00 bits per heavy atom. The fourth-order valence-electron chi connectivity index (χ4n) is 3.24. The third-order valence-corrected chi connectivity index (χ3v) is 10.2. The molecule has 0 aromatic rings. The zero-order chi connectivity index (χ0) is 15.9. The quantitative estimate of drug-likeness (QED) is 0.571. The molecule has 0 saturated heterocycles. The number of hydrogen-bond donors (Lipinski definition) is 0. The second-order valence-corrected chi connectivity index (χ2v) is 12.9. The molecule has 1 saturated carbocycles. The first kappa shape index (κ1) is 16.8. The van der Waals surface area contributed by atoms with Crippen molar-refractivity contribution in [2.45, 2.75) is 83.2 Å². The van der Waals surface area contributed by atoms with Gasteiger partial charge in [-0.25, -0.2) is 4.79 Å². The average Bonchev–Trinajstić information content (AvgIpc) is 2.78. The first-order chi connectivity index (χ1) is 9.58. The van der Waals surface area contributed by atoms with E-state index in [1.165, 1.54) is 6.42 Å². The summed E-state index contributed by atoms with van der Waals surface area (Å²) in [7, 11) is -1.92. The van der Waals surface area contributed by atoms with Gasteiger partial charge < -0.3 is 9.16 Å². The van der Waals surface area contributed by atoms with Gasteiger partial charge in [-0.1, -0.05) is 40.5 Å². The molecule has 0 N–H and O–H groups in total. The van der Waals surface area contributed by atoms with Crippen molar-refractivity contribution in [2.75, 3.05) is 0 Å². The van der Waals surface area contributed by atoms with Crippen LogP contribution in [-0.4, -0.2) is 26.0 Å². The fourth-order valence-corrected chi connectivity index (χ4v) is 4.91. The first-order valence-corrected chi connectivity index (χ1v) is 11.1. The lowest BCUT2D eigenvalue weighted by molar-refractivity contribution is -0.157. The SMILES string of the molecule is C[C@H]1CCCC[C@]1(O[Si](C)(C)C(C)(C)C)[C@H]1C=CC(=O)O1. The van der Waals surface area contributed by atoms with Gasteiger partial charge in [-0.3, -0.25) is 0 Å². The number of esters is 1. The van der Waals surface area contributed by atoms with E-state index in [2.05, 4.69) is 40.8 Å². The molecular weight excluding hydrogens is 280 g/mol. The van der Waals surface area contributed by atoms with Crippen LogP contribution in [0.15, 0.2) is 12.2 Å². The second kappa shape index (κ2) is 5.54. The third-order valence-electron chi connectivity index (χ3n) is 5.67. The van der Waals surface area contributed by atoms with Crippen LogP contribution in [0.3, 0.4) is 0 Å². The molecule has 4 heteroatoms. The van der Waals surface area contributed by atoms with E-state index < -0.39 is 8.32 Å². The lowest BCUT2D eigenvalue weighted by Crippen LogP contribution is -2.59. The number of ether oxygens (including phenoxy) is 1. The summed E-state index contributed by atoms with van der Waals surface area (Å²) < 4.78 is 12.5. The van der Waals surface area contributed by atoms with Gasteiger partial charge in [-0.15, -0.1) is 0 Å². The van der Waals surface area contributed by atoms with Gasteiger partial charge in [0.2, 0.25) is 0 Å². The Bertz CT molecular complexity index is 436. The number of rotatable bonds is 3. The molecule has 1 aliphatic heterocycles. The molecule has 2 rings (SSSR count). The molecule has 1 aliphatic carbocycles. The van der Waals surface area contributed by atoms with Gasteiger partial charge in [0.1, 0.15) is 6.10 Å². The molecular formula is C17H30O3Si. The normalized spacial score (nSPS) is 34.1. The lowest BCUT2D eigenvalue weighted by atomic mass is 9.73. The molecule has 0 amide bonds. The molecule has 21 heavy (non-hydrogen) atoms. The van der Waals surface area contributed by atoms with Crippen molar-refractivity contribution in [3.8, 4) is 0 Å². The largest absolute Gasteiger partial charge is 0.452 e. The lowest BCUT2D eigenvalue weighted by Gasteiger charge is -2.52. The van der Waals surface area contributed by atoms with E-state index in [1.54, 1.807) is 6.08 Å². The van der Waals surface area contributed by atoms with Crippen LogP contribution in [0.4, 0.5) is 0 Å². The summed E-state index contributed by atoms with van der Waals surface area (Å²) in [5.74, 6) is 0.192. The Morgan fingerprint density at radius 1 is 1.33 bits per heavy atom. The average molecular weight is 311 g/mol. The zero-order valence-electron chi connectivity index (χ0n) is 14.4. The van der Waals surface area contributed by atoms with Crippen LogP contribution in [0.25, 0.3) is 0 Å². The van der Waals surface area contributed by atoms with Crippen molar-refractivity contribution in [2.24, 2.45) is 5.92 Å². The summed E-state index contributed by atoms with van der Waals surface area (Å²) in [4.78, 5) is 11.6. The van der Waals surface area contributed by atoms with E-state index in [-0.39, 0.29) is 22.7 Å². The minimum atomic E-state index is -1.92. The third kappa shape index (κ3) is 3.11. The number of cyclic esters (lactones) is 1. The topological polar surface area (TPSA) is 35.5 Å². The molecule has 0 bridgehead atoms. The van der Waals surface area contributed by atoms with Crippen molar-refractivity contribution in [3.05, 3.63) is 12.2 Å². The maximum Gasteiger partial charge on any atom is 0.331 e. The maximum atomic E-state index is 11.6. The molecule has 0 unspecified atom stereocenters. The van der Waals surface area contributed by atoms with Crippen LogP contribution in [0.1, 0.15) is 53.4 Å². The van der Waals surface area contributed by atoms with Crippen LogP contribution >= 0.6 is 0 Å². The summed E-state index contributed by atoms with van der Waals surface area (Å²) in [6, 6.07) is 0. The van der Waals surface area contributed by atoms with E-state index in [0.29, 0.717) is 5.92 Å². The highest BCUT2D eigenvalue weighted by Crippen LogP contribution is 2.48. The van der Waals surface area contributed by atoms with Crippen molar-refractivity contribution in [1.29, 1.82) is 0 Å². The number of hydrogen-bond acceptors (Lipinski definition) is 3. The molecule has 1 heterocycles. The standard InChI is InChI=1S/C17H30O3Si/c1-13-9-7-8-12-17(13,14-10-11-15(18)19-14)20-21(5,6)16(2,3)4/h10-11,13-14H,7-9,12H2,1-6H3/t13-,14+,17+/m0/s1. The Kier molecular flexibility index (Phi) is 4.42. The van der Waals surface area contributed by atoms with Crippen molar-refractivity contribution >= 4 is 14.3 Å². The predicted molar refractivity (Wildman–Crippen MR) is 87.7 cm³/mol. The van der Waals surface area contributed by atoms with Gasteiger partial charge in [0, 0.05) is 6.08 Å². The van der Waals surface area contributed by atoms with Gasteiger partial charge in [-0.05, 0) is 43.0 Å². The minimum absolute atomic E-state index is 0.156. The van der Waals surface area contributed by atoms with Gasteiger partial charge in [0.15, 0.2) is 8.32 Å². The van der Waals surface area contributed by atoms with Crippen LogP contribution < -0.4 is 0 Å². The van der Waals surface area contributed by atoms with E-state index in [9.17, 15) is 4.79 Å². The van der Waals surface area contributed by atoms with E-state index in [0.717, 1.165) is 19.3 Å². The maximum absolute atomic E-state index is 11.6. The molecule has 2 aliphatic rings. The van der Waals surface area contributed by atoms with E-state index >= 15 is 0 Å². The van der Waals surface area contributed by atoms with E-state index in [1.807, 2.05) is 6.08 Å². The molecule has 3 nitrogen and oxygen atoms in total. The monoisotopic (exact) mass is 310 g/mol. The van der Waals surface area contributed by atoms with Gasteiger partial charge in [-0.2, -0.15) is 0 Å². The Morgan fingerprint density at radius 3 is 2.48 bits per heavy atom. The highest BCUT2D eigenvalue weighted by molar-refractivity contribution is 6.74. The minimum Gasteiger partial charge on any atom is -0.452 e.